The normalized spacial score (nSPS) is 36.0. The van der Waals surface area contributed by atoms with Gasteiger partial charge in [-0.15, -0.1) is 7.92 Å². The van der Waals surface area contributed by atoms with E-state index in [1.54, 1.807) is 11.5 Å². The van der Waals surface area contributed by atoms with E-state index in [0.29, 0.717) is 0 Å². The molecule has 5 unspecified atom stereocenters. The Hall–Kier alpha value is 0.600. The molecule has 5 atom stereocenters. The highest BCUT2D eigenvalue weighted by molar-refractivity contribution is 7.65. The first-order valence-electron chi connectivity index (χ1n) is 8.81. The monoisotopic (exact) mass is 312 g/mol. The van der Waals surface area contributed by atoms with E-state index >= 15 is 0 Å². The SMILES string of the molecule is C=C1CCCCCP1C(C)C(C)P1CCCCCC1C. The molecule has 2 fully saturated rings. The van der Waals surface area contributed by atoms with Crippen molar-refractivity contribution in [1.82, 2.24) is 0 Å². The van der Waals surface area contributed by atoms with E-state index < -0.39 is 0 Å². The van der Waals surface area contributed by atoms with Crippen molar-refractivity contribution in [3.05, 3.63) is 11.9 Å². The molecule has 0 aromatic rings. The molecule has 2 aliphatic rings. The lowest BCUT2D eigenvalue weighted by atomic mass is 10.2. The smallest absolute Gasteiger partial charge is 0.0135 e. The summed E-state index contributed by atoms with van der Waals surface area (Å²) in [7, 11) is 0.371. The van der Waals surface area contributed by atoms with Crippen molar-refractivity contribution >= 4 is 15.8 Å². The van der Waals surface area contributed by atoms with Crippen molar-refractivity contribution in [3.8, 4) is 0 Å². The van der Waals surface area contributed by atoms with Gasteiger partial charge in [-0.05, 0) is 61.4 Å². The second-order valence-corrected chi connectivity index (χ2v) is 13.0. The van der Waals surface area contributed by atoms with Crippen LogP contribution in [0, 0.1) is 0 Å². The molecule has 0 nitrogen and oxygen atoms in total. The number of hydrogen-bond donors (Lipinski definition) is 0. The molecule has 0 bridgehead atoms. The fraction of sp³-hybridized carbons (Fsp3) is 0.889. The van der Waals surface area contributed by atoms with Crippen molar-refractivity contribution in [2.24, 2.45) is 0 Å². The van der Waals surface area contributed by atoms with E-state index in [0.717, 1.165) is 17.0 Å². The Balaban J connectivity index is 2.01. The molecule has 0 aromatic carbocycles. The summed E-state index contributed by atoms with van der Waals surface area (Å²) < 4.78 is 0. The Morgan fingerprint density at radius 2 is 1.65 bits per heavy atom. The van der Waals surface area contributed by atoms with Gasteiger partial charge in [-0.3, -0.25) is 0 Å². The van der Waals surface area contributed by atoms with Gasteiger partial charge in [0.15, 0.2) is 0 Å². The van der Waals surface area contributed by atoms with Crippen LogP contribution in [-0.4, -0.2) is 29.3 Å². The maximum atomic E-state index is 4.48. The van der Waals surface area contributed by atoms with Crippen LogP contribution in [0.25, 0.3) is 0 Å². The second kappa shape index (κ2) is 8.29. The van der Waals surface area contributed by atoms with Gasteiger partial charge in [-0.2, -0.15) is 0 Å². The highest BCUT2D eigenvalue weighted by Crippen LogP contribution is 2.61. The molecule has 0 N–H and O–H groups in total. The maximum Gasteiger partial charge on any atom is -0.0135 e. The van der Waals surface area contributed by atoms with Crippen molar-refractivity contribution in [3.63, 3.8) is 0 Å². The van der Waals surface area contributed by atoms with Crippen LogP contribution in [0.3, 0.4) is 0 Å². The Kier molecular flexibility index (Phi) is 7.03. The van der Waals surface area contributed by atoms with E-state index in [2.05, 4.69) is 27.4 Å². The fourth-order valence-corrected chi connectivity index (χ4v) is 11.2. The molecule has 0 aliphatic carbocycles. The largest absolute Gasteiger partial charge is 0.100 e. The van der Waals surface area contributed by atoms with Gasteiger partial charge in [-0.25, -0.2) is 0 Å². The van der Waals surface area contributed by atoms with Crippen molar-refractivity contribution in [1.29, 1.82) is 0 Å². The summed E-state index contributed by atoms with van der Waals surface area (Å²) in [6.45, 7) is 12.2. The summed E-state index contributed by atoms with van der Waals surface area (Å²) in [5, 5.41) is 1.65. The molecule has 0 saturated carbocycles. The third kappa shape index (κ3) is 4.30. The lowest BCUT2D eigenvalue weighted by molar-refractivity contribution is 0.684. The van der Waals surface area contributed by atoms with E-state index in [4.69, 9.17) is 0 Å². The fourth-order valence-electron chi connectivity index (χ4n) is 4.02. The highest BCUT2D eigenvalue weighted by Gasteiger charge is 2.32. The second-order valence-electron chi connectivity index (χ2n) is 6.99. The summed E-state index contributed by atoms with van der Waals surface area (Å²) in [4.78, 5) is 0. The maximum absolute atomic E-state index is 4.48. The lowest BCUT2D eigenvalue weighted by Gasteiger charge is -2.37. The first kappa shape index (κ1) is 17.0. The molecular formula is C18H34P2. The third-order valence-corrected chi connectivity index (χ3v) is 12.8. The van der Waals surface area contributed by atoms with Gasteiger partial charge in [0.05, 0.1) is 0 Å². The topological polar surface area (TPSA) is 0 Å². The standard InChI is InChI=1S/C18H34P2/c1-15-11-7-5-9-13-19(15)17(3)18(4)20-14-10-6-8-12-16(20)2/h16-18H,1,5-14H2,2-4H3. The number of hydrogen-bond acceptors (Lipinski definition) is 0. The van der Waals surface area contributed by atoms with Crippen LogP contribution in [0.15, 0.2) is 11.9 Å². The summed E-state index contributed by atoms with van der Waals surface area (Å²) in [6.07, 6.45) is 14.7. The van der Waals surface area contributed by atoms with E-state index in [9.17, 15) is 0 Å². The van der Waals surface area contributed by atoms with Crippen LogP contribution in [0.4, 0.5) is 0 Å². The summed E-state index contributed by atoms with van der Waals surface area (Å²) in [5.41, 5.74) is 2.92. The Morgan fingerprint density at radius 1 is 0.950 bits per heavy atom. The number of rotatable bonds is 3. The van der Waals surface area contributed by atoms with Crippen LogP contribution < -0.4 is 0 Å². The van der Waals surface area contributed by atoms with Gasteiger partial charge < -0.3 is 0 Å². The minimum absolute atomic E-state index is 0.109. The molecule has 116 valence electrons. The van der Waals surface area contributed by atoms with Gasteiger partial charge in [-0.1, -0.05) is 59.8 Å². The molecule has 2 aliphatic heterocycles. The van der Waals surface area contributed by atoms with Crippen molar-refractivity contribution < 1.29 is 0 Å². The first-order chi connectivity index (χ1) is 9.61. The highest BCUT2D eigenvalue weighted by atomic mass is 31.1. The van der Waals surface area contributed by atoms with E-state index in [-0.39, 0.29) is 15.8 Å². The van der Waals surface area contributed by atoms with Crippen LogP contribution >= 0.6 is 15.8 Å². The van der Waals surface area contributed by atoms with Gasteiger partial charge in [0, 0.05) is 0 Å². The van der Waals surface area contributed by atoms with E-state index in [1.807, 2.05) is 0 Å². The van der Waals surface area contributed by atoms with Gasteiger partial charge in [0.25, 0.3) is 0 Å². The van der Waals surface area contributed by atoms with Gasteiger partial charge >= 0.3 is 0 Å². The molecule has 0 radical (unpaired) electrons. The summed E-state index contributed by atoms with van der Waals surface area (Å²) >= 11 is 0. The number of allylic oxidation sites excluding steroid dienone is 1. The average Bonchev–Trinajstić information content (AvgIpc) is 2.77. The quantitative estimate of drug-likeness (QED) is 0.504. The zero-order valence-electron chi connectivity index (χ0n) is 13.9. The van der Waals surface area contributed by atoms with E-state index in [1.165, 1.54) is 57.5 Å². The zero-order valence-corrected chi connectivity index (χ0v) is 15.7. The van der Waals surface area contributed by atoms with Crippen LogP contribution in [0.2, 0.25) is 0 Å². The van der Waals surface area contributed by atoms with Crippen LogP contribution in [0.1, 0.15) is 72.1 Å². The lowest BCUT2D eigenvalue weighted by Crippen LogP contribution is -2.22. The zero-order chi connectivity index (χ0) is 14.5. The molecule has 0 aromatic heterocycles. The summed E-state index contributed by atoms with van der Waals surface area (Å²) in [6, 6.07) is 0. The molecule has 2 heteroatoms. The molecular weight excluding hydrogens is 278 g/mol. The molecule has 2 saturated heterocycles. The van der Waals surface area contributed by atoms with Crippen LogP contribution in [-0.2, 0) is 0 Å². The van der Waals surface area contributed by atoms with Crippen LogP contribution in [0.5, 0.6) is 0 Å². The predicted molar refractivity (Wildman–Crippen MR) is 98.0 cm³/mol. The Morgan fingerprint density at radius 3 is 2.45 bits per heavy atom. The minimum atomic E-state index is 0.109. The van der Waals surface area contributed by atoms with Crippen molar-refractivity contribution in [2.75, 3.05) is 12.3 Å². The first-order valence-corrected chi connectivity index (χ1v) is 12.1. The van der Waals surface area contributed by atoms with Gasteiger partial charge in [0.1, 0.15) is 0 Å². The third-order valence-electron chi connectivity index (χ3n) is 5.59. The molecule has 2 rings (SSSR count). The molecule has 20 heavy (non-hydrogen) atoms. The molecule has 0 spiro atoms. The molecule has 2 heterocycles. The average molecular weight is 312 g/mol. The van der Waals surface area contributed by atoms with Gasteiger partial charge in [0.2, 0.25) is 0 Å². The Labute approximate surface area is 129 Å². The summed E-state index contributed by atoms with van der Waals surface area (Å²) in [5.74, 6) is 0. The minimum Gasteiger partial charge on any atom is -0.100 e. The predicted octanol–water partition coefficient (Wildman–Crippen LogP) is 6.78. The molecule has 0 amide bonds. The van der Waals surface area contributed by atoms with Crippen molar-refractivity contribution in [2.45, 2.75) is 89.1 Å². The Bertz CT molecular complexity index is 313.